The first kappa shape index (κ1) is 51.6. The first-order valence-electron chi connectivity index (χ1n) is 15.9. The van der Waals surface area contributed by atoms with Crippen molar-refractivity contribution in [2.24, 2.45) is 0 Å². The van der Waals surface area contributed by atoms with Gasteiger partial charge in [0.1, 0.15) is 23.8 Å². The second-order valence-electron chi connectivity index (χ2n) is 12.7. The van der Waals surface area contributed by atoms with E-state index in [1.165, 1.54) is 44.8 Å². The van der Waals surface area contributed by atoms with Gasteiger partial charge >= 0.3 is 11.6 Å². The van der Waals surface area contributed by atoms with Crippen LogP contribution in [-0.2, 0) is 40.6 Å². The fraction of sp³-hybridized carbons (Fsp3) is 0.385. The first-order chi connectivity index (χ1) is 20.6. The van der Waals surface area contributed by atoms with Gasteiger partial charge in [-0.3, -0.25) is 0 Å². The number of pyridine rings is 2. The quantitative estimate of drug-likeness (QED) is 0.110. The van der Waals surface area contributed by atoms with E-state index in [1.807, 2.05) is 24.5 Å². The predicted octanol–water partition coefficient (Wildman–Crippen LogP) is -1.58. The molecule has 0 amide bonds. The largest absolute Gasteiger partial charge is 1.00 e. The van der Waals surface area contributed by atoms with E-state index in [2.05, 4.69) is 139 Å². The molecule has 0 atom stereocenters. The van der Waals surface area contributed by atoms with Gasteiger partial charge in [0.25, 0.3) is 0 Å². The molecule has 0 unspecified atom stereocenters. The van der Waals surface area contributed by atoms with Crippen LogP contribution in [0.1, 0.15) is 126 Å². The van der Waals surface area contributed by atoms with Crippen LogP contribution in [0.5, 0.6) is 0 Å². The summed E-state index contributed by atoms with van der Waals surface area (Å²) < 4.78 is 4.54. The van der Waals surface area contributed by atoms with Gasteiger partial charge in [-0.15, -0.1) is 0 Å². The van der Waals surface area contributed by atoms with E-state index in [1.54, 1.807) is 0 Å². The molecular weight excluding hydrogens is 793 g/mol. The maximum Gasteiger partial charge on any atom is 0.327 e. The van der Waals surface area contributed by atoms with Crippen molar-refractivity contribution in [1.29, 1.82) is 0 Å². The molecule has 4 rings (SSSR count). The van der Waals surface area contributed by atoms with Crippen LogP contribution in [0.4, 0.5) is 23.0 Å². The molecule has 2 heterocycles. The summed E-state index contributed by atoms with van der Waals surface area (Å²) in [6.45, 7) is 22.6. The van der Waals surface area contributed by atoms with Gasteiger partial charge in [-0.25, -0.2) is 9.15 Å². The van der Waals surface area contributed by atoms with Crippen molar-refractivity contribution >= 4 is 35.4 Å². The van der Waals surface area contributed by atoms with E-state index in [9.17, 15) is 0 Å². The van der Waals surface area contributed by atoms with E-state index in [4.69, 9.17) is 9.97 Å². The van der Waals surface area contributed by atoms with Crippen LogP contribution in [0.15, 0.2) is 73.1 Å². The third-order valence-electron chi connectivity index (χ3n) is 8.14. The molecule has 0 fully saturated rings. The van der Waals surface area contributed by atoms with Gasteiger partial charge in [-0.1, -0.05) is 91.8 Å². The molecule has 0 saturated heterocycles. The van der Waals surface area contributed by atoms with Crippen molar-refractivity contribution in [1.82, 2.24) is 19.1 Å². The SMILES string of the molecule is CC=[N+](c1ccccn1)c1c(C(C)C)cc(Cc2cc(C(C)C)c([N+](=CC)c3ccccn3)c(C(C)C)c2)cc1C(C)C.[Cl-].[Cl-].[Cl-].[Cl-].[Cu].[Cu]. The number of benzene rings is 2. The zero-order valence-corrected chi connectivity index (χ0v) is 34.9. The molecule has 0 N–H and O–H groups in total. The van der Waals surface area contributed by atoms with Crippen molar-refractivity contribution in [3.63, 3.8) is 0 Å². The first-order valence-corrected chi connectivity index (χ1v) is 15.9. The van der Waals surface area contributed by atoms with Crippen molar-refractivity contribution in [2.45, 2.75) is 99.3 Å². The second kappa shape index (κ2) is 23.7. The molecule has 2 aromatic heterocycles. The summed E-state index contributed by atoms with van der Waals surface area (Å²) in [6.07, 6.45) is 8.93. The van der Waals surface area contributed by atoms with Crippen molar-refractivity contribution in [3.8, 4) is 0 Å². The Morgan fingerprint density at radius 2 is 0.796 bits per heavy atom. The van der Waals surface area contributed by atoms with Crippen LogP contribution in [0, 0.1) is 0 Å². The van der Waals surface area contributed by atoms with E-state index in [-0.39, 0.29) is 83.8 Å². The van der Waals surface area contributed by atoms with Gasteiger partial charge in [0.05, 0.1) is 12.4 Å². The molecule has 10 heteroatoms. The smallest absolute Gasteiger partial charge is 0.327 e. The molecule has 4 aromatic rings. The van der Waals surface area contributed by atoms with Gasteiger partial charge in [-0.2, -0.15) is 0 Å². The van der Waals surface area contributed by atoms with Crippen LogP contribution in [-0.4, -0.2) is 22.4 Å². The maximum absolute atomic E-state index is 4.70. The van der Waals surface area contributed by atoms with E-state index < -0.39 is 0 Å². The monoisotopic (exact) mass is 840 g/mol. The van der Waals surface area contributed by atoms with Gasteiger partial charge in [0.2, 0.25) is 0 Å². The van der Waals surface area contributed by atoms with Crippen LogP contribution in [0.25, 0.3) is 0 Å². The molecule has 49 heavy (non-hydrogen) atoms. The standard InChI is InChI=1S/C39H50N4.4ClH.2Cu/c1-11-42(36-17-13-15-19-40-36)38-32(26(3)4)22-30(23-33(38)27(5)6)21-31-24-34(28(7)8)39(35(25-31)29(9)10)43(12-2)37-18-14-16-20-41-37;;;;;;/h11-20,22-29H,21H2,1-10H3;4*1H;;/q+2;;;;;;/p-4. The molecule has 0 bridgehead atoms. The minimum Gasteiger partial charge on any atom is -1.00 e. The zero-order chi connectivity index (χ0) is 31.3. The van der Waals surface area contributed by atoms with E-state index in [0.29, 0.717) is 23.7 Å². The number of halogens is 4. The Labute approximate surface area is 341 Å². The average molecular weight is 844 g/mol. The summed E-state index contributed by atoms with van der Waals surface area (Å²) in [6, 6.07) is 22.0. The fourth-order valence-corrected chi connectivity index (χ4v) is 5.99. The molecule has 2 radical (unpaired) electrons. The average Bonchev–Trinajstić information content (AvgIpc) is 2.99. The summed E-state index contributed by atoms with van der Waals surface area (Å²) in [5, 5.41) is 0. The van der Waals surface area contributed by atoms with Gasteiger partial charge in [-0.05, 0) is 77.2 Å². The van der Waals surface area contributed by atoms with Crippen LogP contribution in [0.3, 0.4) is 0 Å². The second-order valence-corrected chi connectivity index (χ2v) is 12.7. The Hall–Kier alpha value is -1.72. The molecule has 4 nitrogen and oxygen atoms in total. The Balaban J connectivity index is -0.00000353. The number of hydrogen-bond acceptors (Lipinski definition) is 2. The summed E-state index contributed by atoms with van der Waals surface area (Å²) in [5.74, 6) is 3.36. The van der Waals surface area contributed by atoms with Crippen LogP contribution in [0.2, 0.25) is 0 Å². The topological polar surface area (TPSA) is 31.8 Å². The summed E-state index contributed by atoms with van der Waals surface area (Å²) in [7, 11) is 0. The Morgan fingerprint density at radius 3 is 1.00 bits per heavy atom. The molecule has 278 valence electrons. The Morgan fingerprint density at radius 1 is 0.510 bits per heavy atom. The van der Waals surface area contributed by atoms with Gasteiger partial charge in [0, 0.05) is 68.5 Å². The van der Waals surface area contributed by atoms with Crippen LogP contribution >= 0.6 is 0 Å². The Bertz CT molecular complexity index is 1450. The molecule has 0 aliphatic rings. The summed E-state index contributed by atoms with van der Waals surface area (Å²) in [5.41, 5.74) is 10.7. The predicted molar refractivity (Wildman–Crippen MR) is 187 cm³/mol. The normalized spacial score (nSPS) is 11.1. The van der Waals surface area contributed by atoms with E-state index >= 15 is 0 Å². The fourth-order valence-electron chi connectivity index (χ4n) is 5.99. The van der Waals surface area contributed by atoms with Crippen LogP contribution < -0.4 is 58.8 Å². The molecule has 0 saturated carbocycles. The molecule has 2 aromatic carbocycles. The molecule has 0 aliphatic carbocycles. The van der Waals surface area contributed by atoms with E-state index in [0.717, 1.165) is 18.1 Å². The van der Waals surface area contributed by atoms with Gasteiger partial charge < -0.3 is 49.6 Å². The summed E-state index contributed by atoms with van der Waals surface area (Å²) in [4.78, 5) is 9.41. The third kappa shape index (κ3) is 12.2. The zero-order valence-electron chi connectivity index (χ0n) is 30.0. The molecular formula is C39H50Cl4Cu2N4-2. The summed E-state index contributed by atoms with van der Waals surface area (Å²) >= 11 is 0. The number of nitrogens with zero attached hydrogens (tertiary/aromatic N) is 4. The minimum atomic E-state index is 0. The minimum absolute atomic E-state index is 0. The number of rotatable bonds is 10. The Kier molecular flexibility index (Phi) is 25.0. The molecule has 0 aliphatic heterocycles. The third-order valence-corrected chi connectivity index (χ3v) is 8.14. The maximum atomic E-state index is 4.70. The van der Waals surface area contributed by atoms with Crippen molar-refractivity contribution in [3.05, 3.63) is 106 Å². The number of hydrogen-bond donors (Lipinski definition) is 0. The molecule has 0 spiro atoms. The van der Waals surface area contributed by atoms with Gasteiger partial charge in [0.15, 0.2) is 0 Å². The number of aromatic nitrogens is 2. The van der Waals surface area contributed by atoms with Crippen molar-refractivity contribution in [2.75, 3.05) is 0 Å². The van der Waals surface area contributed by atoms with Crippen molar-refractivity contribution < 1.29 is 83.8 Å².